The lowest BCUT2D eigenvalue weighted by molar-refractivity contribution is 0.0693. The van der Waals surface area contributed by atoms with Gasteiger partial charge in [0.1, 0.15) is 16.5 Å². The second-order valence-electron chi connectivity index (χ2n) is 3.47. The quantitative estimate of drug-likeness (QED) is 0.808. The Bertz CT molecular complexity index is 649. The molecule has 0 amide bonds. The standard InChI is InChI=1S/C12H6BrCl2NO3/c13-6-1-3-9(8(14)5-6)19-11-7(12(17)18)2-4-10(15)16-11/h1-5H,(H,17,18). The summed E-state index contributed by atoms with van der Waals surface area (Å²) in [6.07, 6.45) is 0. The van der Waals surface area contributed by atoms with E-state index in [-0.39, 0.29) is 16.6 Å². The van der Waals surface area contributed by atoms with Crippen LogP contribution in [0.15, 0.2) is 34.8 Å². The van der Waals surface area contributed by atoms with Crippen LogP contribution in [-0.4, -0.2) is 16.1 Å². The number of aromatic nitrogens is 1. The molecule has 0 fully saturated rings. The molecule has 0 aliphatic carbocycles. The molecule has 0 unspecified atom stereocenters. The van der Waals surface area contributed by atoms with Crippen molar-refractivity contribution in [2.24, 2.45) is 0 Å². The average Bonchev–Trinajstić information content (AvgIpc) is 2.32. The zero-order valence-corrected chi connectivity index (χ0v) is 12.3. The van der Waals surface area contributed by atoms with Gasteiger partial charge in [0.2, 0.25) is 5.88 Å². The number of hydrogen-bond acceptors (Lipinski definition) is 3. The molecule has 2 rings (SSSR count). The van der Waals surface area contributed by atoms with E-state index in [0.29, 0.717) is 10.8 Å². The molecule has 0 saturated heterocycles. The molecule has 0 aliphatic heterocycles. The fraction of sp³-hybridized carbons (Fsp3) is 0. The van der Waals surface area contributed by atoms with Gasteiger partial charge in [-0.15, -0.1) is 0 Å². The molecule has 1 aromatic carbocycles. The lowest BCUT2D eigenvalue weighted by atomic mass is 10.3. The first-order valence-corrected chi connectivity index (χ1v) is 6.55. The third-order valence-electron chi connectivity index (χ3n) is 2.16. The first-order valence-electron chi connectivity index (χ1n) is 5.00. The molecule has 1 N–H and O–H groups in total. The smallest absolute Gasteiger partial charge is 0.341 e. The van der Waals surface area contributed by atoms with E-state index < -0.39 is 5.97 Å². The number of rotatable bonds is 3. The van der Waals surface area contributed by atoms with Crippen LogP contribution in [0.25, 0.3) is 0 Å². The Morgan fingerprint density at radius 2 is 2.00 bits per heavy atom. The molecule has 0 radical (unpaired) electrons. The van der Waals surface area contributed by atoms with Crippen molar-refractivity contribution in [2.75, 3.05) is 0 Å². The summed E-state index contributed by atoms with van der Waals surface area (Å²) in [4.78, 5) is 14.9. The number of pyridine rings is 1. The summed E-state index contributed by atoms with van der Waals surface area (Å²) in [6.45, 7) is 0. The largest absolute Gasteiger partial charge is 0.477 e. The van der Waals surface area contributed by atoms with Crippen LogP contribution in [0.2, 0.25) is 10.2 Å². The summed E-state index contributed by atoms with van der Waals surface area (Å²) < 4.78 is 6.19. The minimum atomic E-state index is -1.16. The number of halogens is 3. The summed E-state index contributed by atoms with van der Waals surface area (Å²) >= 11 is 15.0. The first kappa shape index (κ1) is 14.1. The Kier molecular flexibility index (Phi) is 4.29. The number of nitrogens with zero attached hydrogens (tertiary/aromatic N) is 1. The van der Waals surface area contributed by atoms with E-state index in [9.17, 15) is 4.79 Å². The molecule has 0 aliphatic rings. The summed E-state index contributed by atoms with van der Waals surface area (Å²) in [7, 11) is 0. The van der Waals surface area contributed by atoms with Gasteiger partial charge in [0.05, 0.1) is 5.02 Å². The van der Waals surface area contributed by atoms with Gasteiger partial charge in [-0.25, -0.2) is 9.78 Å². The van der Waals surface area contributed by atoms with Gasteiger partial charge in [0.15, 0.2) is 0 Å². The van der Waals surface area contributed by atoms with Gasteiger partial charge >= 0.3 is 5.97 Å². The van der Waals surface area contributed by atoms with Crippen molar-refractivity contribution in [3.05, 3.63) is 50.5 Å². The summed E-state index contributed by atoms with van der Waals surface area (Å²) in [5.74, 6) is -0.973. The maximum absolute atomic E-state index is 11.1. The number of aromatic carboxylic acids is 1. The van der Waals surface area contributed by atoms with E-state index in [4.69, 9.17) is 33.0 Å². The van der Waals surface area contributed by atoms with Crippen LogP contribution in [0.4, 0.5) is 0 Å². The van der Waals surface area contributed by atoms with Gasteiger partial charge in [-0.3, -0.25) is 0 Å². The van der Waals surface area contributed by atoms with Crippen molar-refractivity contribution in [3.8, 4) is 11.6 Å². The van der Waals surface area contributed by atoms with Crippen molar-refractivity contribution in [1.82, 2.24) is 4.98 Å². The van der Waals surface area contributed by atoms with E-state index in [1.54, 1.807) is 18.2 Å². The normalized spacial score (nSPS) is 10.3. The van der Waals surface area contributed by atoms with Crippen molar-refractivity contribution in [3.63, 3.8) is 0 Å². The number of ether oxygens (including phenoxy) is 1. The van der Waals surface area contributed by atoms with Crippen LogP contribution in [0.3, 0.4) is 0 Å². The van der Waals surface area contributed by atoms with E-state index in [2.05, 4.69) is 20.9 Å². The SMILES string of the molecule is O=C(O)c1ccc(Cl)nc1Oc1ccc(Br)cc1Cl. The van der Waals surface area contributed by atoms with Gasteiger partial charge in [-0.2, -0.15) is 0 Å². The highest BCUT2D eigenvalue weighted by Gasteiger charge is 2.15. The molecule has 98 valence electrons. The highest BCUT2D eigenvalue weighted by Crippen LogP contribution is 2.32. The third-order valence-corrected chi connectivity index (χ3v) is 3.16. The zero-order valence-electron chi connectivity index (χ0n) is 9.23. The van der Waals surface area contributed by atoms with Gasteiger partial charge < -0.3 is 9.84 Å². The molecule has 4 nitrogen and oxygen atoms in total. The van der Waals surface area contributed by atoms with Gasteiger partial charge in [-0.1, -0.05) is 39.1 Å². The molecule has 0 atom stereocenters. The van der Waals surface area contributed by atoms with E-state index >= 15 is 0 Å². The molecule has 0 saturated carbocycles. The number of carbonyl (C=O) groups is 1. The molecule has 2 aromatic rings. The molecule has 1 aromatic heterocycles. The highest BCUT2D eigenvalue weighted by molar-refractivity contribution is 9.10. The molecular weight excluding hydrogens is 357 g/mol. The van der Waals surface area contributed by atoms with Crippen LogP contribution in [0.1, 0.15) is 10.4 Å². The summed E-state index contributed by atoms with van der Waals surface area (Å²) in [6, 6.07) is 7.63. The number of carboxylic acid groups (broad SMARTS) is 1. The molecule has 7 heteroatoms. The summed E-state index contributed by atoms with van der Waals surface area (Å²) in [5.41, 5.74) is -0.0941. The lowest BCUT2D eigenvalue weighted by Gasteiger charge is -2.09. The van der Waals surface area contributed by atoms with Gasteiger partial charge in [0.25, 0.3) is 0 Å². The lowest BCUT2D eigenvalue weighted by Crippen LogP contribution is -2.02. The Morgan fingerprint density at radius 1 is 1.26 bits per heavy atom. The van der Waals surface area contributed by atoms with E-state index in [0.717, 1.165) is 4.47 Å². The fourth-order valence-corrected chi connectivity index (χ4v) is 2.17. The predicted molar refractivity (Wildman–Crippen MR) is 75.4 cm³/mol. The van der Waals surface area contributed by atoms with Crippen molar-refractivity contribution in [1.29, 1.82) is 0 Å². The van der Waals surface area contributed by atoms with Crippen molar-refractivity contribution >= 4 is 45.1 Å². The van der Waals surface area contributed by atoms with Gasteiger partial charge in [-0.05, 0) is 30.3 Å². The number of benzene rings is 1. The van der Waals surface area contributed by atoms with Gasteiger partial charge in [0, 0.05) is 4.47 Å². The molecule has 0 spiro atoms. The van der Waals surface area contributed by atoms with Crippen molar-refractivity contribution in [2.45, 2.75) is 0 Å². The summed E-state index contributed by atoms with van der Waals surface area (Å²) in [5, 5.41) is 9.50. The number of carboxylic acids is 1. The molecule has 1 heterocycles. The zero-order chi connectivity index (χ0) is 14.0. The minimum absolute atomic E-state index is 0.0941. The third kappa shape index (κ3) is 3.37. The van der Waals surface area contributed by atoms with Crippen LogP contribution in [0, 0.1) is 0 Å². The predicted octanol–water partition coefficient (Wildman–Crippen LogP) is 4.64. The second kappa shape index (κ2) is 5.77. The van der Waals surface area contributed by atoms with Crippen LogP contribution < -0.4 is 4.74 Å². The van der Waals surface area contributed by atoms with Crippen LogP contribution in [-0.2, 0) is 0 Å². The average molecular weight is 363 g/mol. The van der Waals surface area contributed by atoms with Crippen LogP contribution >= 0.6 is 39.1 Å². The Morgan fingerprint density at radius 3 is 2.63 bits per heavy atom. The van der Waals surface area contributed by atoms with E-state index in [1.807, 2.05) is 0 Å². The fourth-order valence-electron chi connectivity index (χ4n) is 1.32. The van der Waals surface area contributed by atoms with Crippen molar-refractivity contribution < 1.29 is 14.6 Å². The minimum Gasteiger partial charge on any atom is -0.477 e. The van der Waals surface area contributed by atoms with Crippen LogP contribution in [0.5, 0.6) is 11.6 Å². The molecule has 0 bridgehead atoms. The molecular formula is C12H6BrCl2NO3. The monoisotopic (exact) mass is 361 g/mol. The maximum atomic E-state index is 11.1. The first-order chi connectivity index (χ1) is 8.97. The number of hydrogen-bond donors (Lipinski definition) is 1. The molecule has 19 heavy (non-hydrogen) atoms. The van der Waals surface area contributed by atoms with E-state index in [1.165, 1.54) is 12.1 Å². The maximum Gasteiger partial charge on any atom is 0.341 e. The Balaban J connectivity index is 2.42. The Labute approximate surface area is 127 Å². The Hall–Kier alpha value is -1.30. The highest BCUT2D eigenvalue weighted by atomic mass is 79.9. The second-order valence-corrected chi connectivity index (χ2v) is 5.18. The topological polar surface area (TPSA) is 59.4 Å².